The van der Waals surface area contributed by atoms with Gasteiger partial charge in [0.15, 0.2) is 5.82 Å². The molecule has 1 aliphatic heterocycles. The molecule has 2 heterocycles. The summed E-state index contributed by atoms with van der Waals surface area (Å²) in [6.45, 7) is 3.29. The van der Waals surface area contributed by atoms with Crippen molar-refractivity contribution in [2.75, 3.05) is 17.2 Å². The lowest BCUT2D eigenvalue weighted by atomic mass is 10.1. The molecule has 2 aliphatic rings. The van der Waals surface area contributed by atoms with Crippen LogP contribution in [0.15, 0.2) is 0 Å². The summed E-state index contributed by atoms with van der Waals surface area (Å²) in [5, 5.41) is 4.51. The van der Waals surface area contributed by atoms with E-state index in [1.54, 1.807) is 0 Å². The first-order valence-electron chi connectivity index (χ1n) is 6.28. The van der Waals surface area contributed by atoms with Crippen LogP contribution in [0.25, 0.3) is 0 Å². The number of hydrogen-bond acceptors (Lipinski definition) is 3. The quantitative estimate of drug-likeness (QED) is 0.822. The molecular weight excluding hydrogens is 200 g/mol. The van der Waals surface area contributed by atoms with Crippen LogP contribution >= 0.6 is 0 Å². The molecule has 1 aromatic rings. The Balaban J connectivity index is 1.97. The predicted octanol–water partition coefficient (Wildman–Crippen LogP) is 1.55. The highest BCUT2D eigenvalue weighted by molar-refractivity contribution is 5.67. The van der Waals surface area contributed by atoms with Crippen LogP contribution in [0.2, 0.25) is 0 Å². The minimum absolute atomic E-state index is 0.715. The van der Waals surface area contributed by atoms with Crippen LogP contribution in [0.3, 0.4) is 0 Å². The van der Waals surface area contributed by atoms with Crippen molar-refractivity contribution in [1.29, 1.82) is 0 Å². The molecule has 4 nitrogen and oxygen atoms in total. The highest BCUT2D eigenvalue weighted by Crippen LogP contribution is 2.42. The van der Waals surface area contributed by atoms with Crippen LogP contribution in [0.5, 0.6) is 0 Å². The smallest absolute Gasteiger partial charge is 0.150 e. The van der Waals surface area contributed by atoms with Crippen molar-refractivity contribution in [3.63, 3.8) is 0 Å². The zero-order valence-corrected chi connectivity index (χ0v) is 10.1. The van der Waals surface area contributed by atoms with Crippen molar-refractivity contribution >= 4 is 11.5 Å². The Hall–Kier alpha value is -1.19. The van der Waals surface area contributed by atoms with Gasteiger partial charge < -0.3 is 10.6 Å². The molecule has 2 unspecified atom stereocenters. The second-order valence-corrected chi connectivity index (χ2v) is 5.15. The first-order chi connectivity index (χ1) is 7.70. The zero-order chi connectivity index (χ0) is 11.3. The molecule has 0 aromatic carbocycles. The van der Waals surface area contributed by atoms with Gasteiger partial charge in [0.2, 0.25) is 0 Å². The maximum atomic E-state index is 6.20. The van der Waals surface area contributed by atoms with Gasteiger partial charge >= 0.3 is 0 Å². The molecule has 1 saturated heterocycles. The number of aromatic nitrogens is 2. The summed E-state index contributed by atoms with van der Waals surface area (Å²) in [4.78, 5) is 2.48. The topological polar surface area (TPSA) is 47.1 Å². The molecule has 0 amide bonds. The lowest BCUT2D eigenvalue weighted by Crippen LogP contribution is -2.33. The van der Waals surface area contributed by atoms with Gasteiger partial charge in [0, 0.05) is 19.6 Å². The molecule has 2 bridgehead atoms. The van der Waals surface area contributed by atoms with Gasteiger partial charge in [-0.25, -0.2) is 0 Å². The van der Waals surface area contributed by atoms with Crippen molar-refractivity contribution in [1.82, 2.24) is 9.78 Å². The summed E-state index contributed by atoms with van der Waals surface area (Å²) in [5.41, 5.74) is 8.14. The summed E-state index contributed by atoms with van der Waals surface area (Å²) in [6.07, 6.45) is 5.00. The molecule has 2 fully saturated rings. The van der Waals surface area contributed by atoms with Gasteiger partial charge in [-0.15, -0.1) is 0 Å². The molecular formula is C12H20N4. The van der Waals surface area contributed by atoms with Gasteiger partial charge in [-0.1, -0.05) is 6.92 Å². The first-order valence-corrected chi connectivity index (χ1v) is 6.28. The van der Waals surface area contributed by atoms with Gasteiger partial charge in [0.25, 0.3) is 0 Å². The molecule has 2 N–H and O–H groups in total. The number of fused-ring (bicyclic) bond motifs is 2. The van der Waals surface area contributed by atoms with Crippen LogP contribution in [0, 0.1) is 5.92 Å². The monoisotopic (exact) mass is 220 g/mol. The average molecular weight is 220 g/mol. The molecule has 0 spiro atoms. The second kappa shape index (κ2) is 3.40. The number of rotatable bonds is 2. The molecule has 0 radical (unpaired) electrons. The van der Waals surface area contributed by atoms with Crippen molar-refractivity contribution in [2.24, 2.45) is 13.0 Å². The van der Waals surface area contributed by atoms with E-state index in [2.05, 4.69) is 16.9 Å². The SMILES string of the molecule is CCc1nn(C)c(N2CC3CCC2C3)c1N. The minimum atomic E-state index is 0.715. The molecule has 88 valence electrons. The highest BCUT2D eigenvalue weighted by atomic mass is 15.4. The molecule has 2 atom stereocenters. The summed E-state index contributed by atoms with van der Waals surface area (Å²) in [7, 11) is 2.01. The summed E-state index contributed by atoms with van der Waals surface area (Å²) >= 11 is 0. The van der Waals surface area contributed by atoms with E-state index in [9.17, 15) is 0 Å². The molecule has 16 heavy (non-hydrogen) atoms. The van der Waals surface area contributed by atoms with Gasteiger partial charge in [-0.3, -0.25) is 4.68 Å². The zero-order valence-electron chi connectivity index (χ0n) is 10.1. The van der Waals surface area contributed by atoms with E-state index in [-0.39, 0.29) is 0 Å². The Bertz CT molecular complexity index is 409. The number of anilines is 2. The fourth-order valence-corrected chi connectivity index (χ4v) is 3.37. The van der Waals surface area contributed by atoms with Crippen LogP contribution in [-0.4, -0.2) is 22.4 Å². The Labute approximate surface area is 96.4 Å². The van der Waals surface area contributed by atoms with Crippen LogP contribution < -0.4 is 10.6 Å². The standard InChI is InChI=1S/C12H20N4/c1-3-10-11(13)12(15(2)14-10)16-7-8-4-5-9(16)6-8/h8-9H,3-7,13H2,1-2H3. The Morgan fingerprint density at radius 1 is 1.44 bits per heavy atom. The number of piperidine rings is 1. The van der Waals surface area contributed by atoms with Crippen molar-refractivity contribution in [3.8, 4) is 0 Å². The predicted molar refractivity (Wildman–Crippen MR) is 65.5 cm³/mol. The fraction of sp³-hybridized carbons (Fsp3) is 0.750. The minimum Gasteiger partial charge on any atom is -0.394 e. The Kier molecular flexibility index (Phi) is 2.13. The highest BCUT2D eigenvalue weighted by Gasteiger charge is 2.39. The van der Waals surface area contributed by atoms with E-state index in [0.29, 0.717) is 6.04 Å². The Morgan fingerprint density at radius 2 is 2.25 bits per heavy atom. The van der Waals surface area contributed by atoms with E-state index < -0.39 is 0 Å². The number of nitrogens with two attached hydrogens (primary N) is 1. The maximum absolute atomic E-state index is 6.20. The summed E-state index contributed by atoms with van der Waals surface area (Å²) in [5.74, 6) is 2.05. The van der Waals surface area contributed by atoms with E-state index in [1.165, 1.54) is 25.8 Å². The van der Waals surface area contributed by atoms with Crippen LogP contribution in [0.1, 0.15) is 31.9 Å². The largest absolute Gasteiger partial charge is 0.394 e. The summed E-state index contributed by atoms with van der Waals surface area (Å²) in [6, 6.07) is 0.715. The van der Waals surface area contributed by atoms with Gasteiger partial charge in [0.1, 0.15) is 0 Å². The number of aryl methyl sites for hydroxylation is 2. The third-order valence-electron chi connectivity index (χ3n) is 4.15. The third kappa shape index (κ3) is 1.25. The molecule has 1 aromatic heterocycles. The van der Waals surface area contributed by atoms with Crippen LogP contribution in [-0.2, 0) is 13.5 Å². The lowest BCUT2D eigenvalue weighted by molar-refractivity contribution is 0.542. The van der Waals surface area contributed by atoms with E-state index >= 15 is 0 Å². The van der Waals surface area contributed by atoms with E-state index in [0.717, 1.165) is 29.5 Å². The van der Waals surface area contributed by atoms with Gasteiger partial charge in [-0.2, -0.15) is 5.10 Å². The number of nitrogen functional groups attached to an aromatic ring is 1. The molecule has 4 heteroatoms. The van der Waals surface area contributed by atoms with Gasteiger partial charge in [0.05, 0.1) is 11.4 Å². The van der Waals surface area contributed by atoms with Crippen molar-refractivity contribution in [2.45, 2.75) is 38.6 Å². The Morgan fingerprint density at radius 3 is 2.75 bits per heavy atom. The van der Waals surface area contributed by atoms with Crippen LogP contribution in [0.4, 0.5) is 11.5 Å². The lowest BCUT2D eigenvalue weighted by Gasteiger charge is -2.29. The second-order valence-electron chi connectivity index (χ2n) is 5.15. The molecule has 3 rings (SSSR count). The van der Waals surface area contributed by atoms with Crippen molar-refractivity contribution < 1.29 is 0 Å². The average Bonchev–Trinajstić information content (AvgIpc) is 2.92. The normalized spacial score (nSPS) is 28.0. The van der Waals surface area contributed by atoms with Gasteiger partial charge in [-0.05, 0) is 31.6 Å². The summed E-state index contributed by atoms with van der Waals surface area (Å²) < 4.78 is 1.97. The number of nitrogens with zero attached hydrogens (tertiary/aromatic N) is 3. The van der Waals surface area contributed by atoms with E-state index in [1.807, 2.05) is 11.7 Å². The number of hydrogen-bond donors (Lipinski definition) is 1. The first kappa shape index (κ1) is 10.00. The molecule has 1 aliphatic carbocycles. The third-order valence-corrected chi connectivity index (χ3v) is 4.15. The van der Waals surface area contributed by atoms with Crippen molar-refractivity contribution in [3.05, 3.63) is 5.69 Å². The van der Waals surface area contributed by atoms with E-state index in [4.69, 9.17) is 5.73 Å². The fourth-order valence-electron chi connectivity index (χ4n) is 3.37. The molecule has 1 saturated carbocycles. The maximum Gasteiger partial charge on any atom is 0.150 e.